The average molecular weight is 481 g/mol. The quantitative estimate of drug-likeness (QED) is 0.391. The van der Waals surface area contributed by atoms with E-state index in [0.29, 0.717) is 51.3 Å². The van der Waals surface area contributed by atoms with Crippen LogP contribution in [0.3, 0.4) is 0 Å². The van der Waals surface area contributed by atoms with Gasteiger partial charge in [0.15, 0.2) is 0 Å². The number of nitrogens with zero attached hydrogens (tertiary/aromatic N) is 6. The van der Waals surface area contributed by atoms with Crippen molar-refractivity contribution in [3.05, 3.63) is 51.6 Å². The van der Waals surface area contributed by atoms with Crippen LogP contribution in [0.4, 0.5) is 11.6 Å². The highest BCUT2D eigenvalue weighted by Crippen LogP contribution is 2.38. The summed E-state index contributed by atoms with van der Waals surface area (Å²) in [5, 5.41) is 8.34. The van der Waals surface area contributed by atoms with E-state index >= 15 is 0 Å². The molecule has 0 saturated heterocycles. The Hall–Kier alpha value is -3.53. The second-order valence-corrected chi connectivity index (χ2v) is 9.12. The minimum absolute atomic E-state index is 0.0634. The number of anilines is 2. The Kier molecular flexibility index (Phi) is 5.68. The topological polar surface area (TPSA) is 138 Å². The van der Waals surface area contributed by atoms with E-state index in [0.717, 1.165) is 12.8 Å². The molecule has 0 amide bonds. The lowest BCUT2D eigenvalue weighted by Gasteiger charge is -2.23. The second kappa shape index (κ2) is 8.68. The summed E-state index contributed by atoms with van der Waals surface area (Å²) in [6.07, 6.45) is 3.86. The van der Waals surface area contributed by atoms with Gasteiger partial charge in [-0.2, -0.15) is 4.98 Å². The minimum Gasteiger partial charge on any atom is -0.383 e. The Balaban J connectivity index is 1.62. The Morgan fingerprint density at radius 2 is 2.06 bits per heavy atom. The predicted octanol–water partition coefficient (Wildman–Crippen LogP) is 4.49. The number of aromatic nitrogens is 6. The first-order valence-electron chi connectivity index (χ1n) is 11.3. The van der Waals surface area contributed by atoms with Crippen LogP contribution in [0, 0.1) is 0 Å². The number of nitrogens with two attached hydrogens (primary N) is 1. The van der Waals surface area contributed by atoms with Crippen LogP contribution >= 0.6 is 11.6 Å². The van der Waals surface area contributed by atoms with Gasteiger partial charge in [0.25, 0.3) is 5.56 Å². The maximum Gasteiger partial charge on any atom is 0.263 e. The van der Waals surface area contributed by atoms with Gasteiger partial charge in [0.05, 0.1) is 22.0 Å². The van der Waals surface area contributed by atoms with Crippen molar-refractivity contribution in [3.8, 4) is 11.4 Å². The molecule has 0 radical (unpaired) electrons. The number of hydrogen-bond donors (Lipinski definition) is 2. The third-order valence-electron chi connectivity index (χ3n) is 5.88. The van der Waals surface area contributed by atoms with Crippen molar-refractivity contribution in [2.75, 3.05) is 11.1 Å². The fourth-order valence-electron chi connectivity index (χ4n) is 3.97. The molecular formula is C23H25ClN8O2. The lowest BCUT2D eigenvalue weighted by Crippen LogP contribution is -2.29. The largest absolute Gasteiger partial charge is 0.383 e. The molecule has 5 rings (SSSR count). The van der Waals surface area contributed by atoms with E-state index in [9.17, 15) is 4.79 Å². The van der Waals surface area contributed by atoms with Crippen molar-refractivity contribution in [3.63, 3.8) is 0 Å². The van der Waals surface area contributed by atoms with Crippen molar-refractivity contribution >= 4 is 34.1 Å². The van der Waals surface area contributed by atoms with E-state index in [-0.39, 0.29) is 29.4 Å². The Morgan fingerprint density at radius 3 is 2.74 bits per heavy atom. The molecule has 1 fully saturated rings. The molecule has 176 valence electrons. The van der Waals surface area contributed by atoms with Crippen molar-refractivity contribution in [2.24, 2.45) is 0 Å². The van der Waals surface area contributed by atoms with Gasteiger partial charge in [0.1, 0.15) is 29.4 Å². The van der Waals surface area contributed by atoms with Crippen molar-refractivity contribution in [1.82, 2.24) is 29.7 Å². The SMILES string of the molecule is CC[C@H](Nc1ncnc(N)c1-c1noc(C(C)C)n1)c1nc2cccc(Cl)c2c(=O)n1C1CC1. The first kappa shape index (κ1) is 22.3. The molecule has 0 unspecified atom stereocenters. The molecule has 34 heavy (non-hydrogen) atoms. The number of rotatable bonds is 7. The lowest BCUT2D eigenvalue weighted by molar-refractivity contribution is 0.365. The van der Waals surface area contributed by atoms with Gasteiger partial charge in [0.2, 0.25) is 11.7 Å². The zero-order valence-electron chi connectivity index (χ0n) is 19.1. The Bertz CT molecular complexity index is 1430. The van der Waals surface area contributed by atoms with Crippen LogP contribution in [0.1, 0.15) is 69.8 Å². The highest BCUT2D eigenvalue weighted by Gasteiger charge is 2.32. The first-order chi connectivity index (χ1) is 16.4. The molecule has 0 bridgehead atoms. The van der Waals surface area contributed by atoms with E-state index in [2.05, 4.69) is 25.4 Å². The molecule has 4 aromatic rings. The van der Waals surface area contributed by atoms with Gasteiger partial charge in [-0.15, -0.1) is 0 Å². The fourth-order valence-corrected chi connectivity index (χ4v) is 4.22. The maximum atomic E-state index is 13.5. The van der Waals surface area contributed by atoms with E-state index in [1.807, 2.05) is 20.8 Å². The molecule has 3 aromatic heterocycles. The highest BCUT2D eigenvalue weighted by atomic mass is 35.5. The molecule has 3 N–H and O–H groups in total. The summed E-state index contributed by atoms with van der Waals surface area (Å²) in [7, 11) is 0. The summed E-state index contributed by atoms with van der Waals surface area (Å²) < 4.78 is 7.14. The molecule has 1 aliphatic carbocycles. The number of benzene rings is 1. The maximum absolute atomic E-state index is 13.5. The molecule has 1 saturated carbocycles. The van der Waals surface area contributed by atoms with Crippen molar-refractivity contribution in [2.45, 2.75) is 58.0 Å². The predicted molar refractivity (Wildman–Crippen MR) is 130 cm³/mol. The van der Waals surface area contributed by atoms with Gasteiger partial charge < -0.3 is 15.6 Å². The van der Waals surface area contributed by atoms with E-state index in [1.165, 1.54) is 6.33 Å². The third kappa shape index (κ3) is 3.87. The first-order valence-corrected chi connectivity index (χ1v) is 11.7. The molecule has 0 spiro atoms. The van der Waals surface area contributed by atoms with Crippen LogP contribution in [-0.2, 0) is 0 Å². The van der Waals surface area contributed by atoms with Crippen LogP contribution in [0.2, 0.25) is 5.02 Å². The minimum atomic E-state index is -0.332. The number of nitrogens with one attached hydrogen (secondary N) is 1. The smallest absolute Gasteiger partial charge is 0.263 e. The summed E-state index contributed by atoms with van der Waals surface area (Å²) >= 11 is 6.36. The molecule has 1 aliphatic rings. The molecule has 11 heteroatoms. The van der Waals surface area contributed by atoms with Gasteiger partial charge in [-0.05, 0) is 31.4 Å². The van der Waals surface area contributed by atoms with Crippen LogP contribution in [-0.4, -0.2) is 29.7 Å². The molecule has 1 atom stereocenters. The lowest BCUT2D eigenvalue weighted by atomic mass is 10.1. The number of hydrogen-bond acceptors (Lipinski definition) is 9. The van der Waals surface area contributed by atoms with Crippen molar-refractivity contribution in [1.29, 1.82) is 0 Å². The standard InChI is InChI=1S/C23H25ClN8O2/c1-4-14(21-29-15-7-5-6-13(24)16(15)23(33)32(21)12-8-9-12)28-19-17(18(25)26-10-27-19)20-30-22(11(2)3)34-31-20/h5-7,10-12,14H,4,8-9H2,1-3H3,(H3,25,26,27,28)/t14-/m0/s1. The van der Waals surface area contributed by atoms with Gasteiger partial charge >= 0.3 is 0 Å². The van der Waals surface area contributed by atoms with Gasteiger partial charge in [0, 0.05) is 12.0 Å². The Labute approximate surface area is 200 Å². The van der Waals surface area contributed by atoms with Crippen molar-refractivity contribution < 1.29 is 4.52 Å². The summed E-state index contributed by atoms with van der Waals surface area (Å²) in [6, 6.07) is 5.08. The summed E-state index contributed by atoms with van der Waals surface area (Å²) in [6.45, 7) is 5.94. The molecular weight excluding hydrogens is 456 g/mol. The summed E-state index contributed by atoms with van der Waals surface area (Å²) in [5.74, 6) is 2.15. The summed E-state index contributed by atoms with van der Waals surface area (Å²) in [4.78, 5) is 31.3. The van der Waals surface area contributed by atoms with E-state index in [4.69, 9.17) is 26.8 Å². The van der Waals surface area contributed by atoms with Gasteiger partial charge in [-0.25, -0.2) is 15.0 Å². The highest BCUT2D eigenvalue weighted by molar-refractivity contribution is 6.35. The molecule has 3 heterocycles. The van der Waals surface area contributed by atoms with Gasteiger partial charge in [-0.1, -0.05) is 43.6 Å². The van der Waals surface area contributed by atoms with Gasteiger partial charge in [-0.3, -0.25) is 9.36 Å². The van der Waals surface area contributed by atoms with Crippen LogP contribution in [0.25, 0.3) is 22.3 Å². The third-order valence-corrected chi connectivity index (χ3v) is 6.20. The molecule has 0 aliphatic heterocycles. The number of halogens is 1. The molecule has 10 nitrogen and oxygen atoms in total. The van der Waals surface area contributed by atoms with Crippen LogP contribution in [0.5, 0.6) is 0 Å². The van der Waals surface area contributed by atoms with Crippen LogP contribution in [0.15, 0.2) is 33.8 Å². The monoisotopic (exact) mass is 480 g/mol. The average Bonchev–Trinajstić information content (AvgIpc) is 3.52. The zero-order valence-corrected chi connectivity index (χ0v) is 19.9. The fraction of sp³-hybridized carbons (Fsp3) is 0.391. The number of fused-ring (bicyclic) bond motifs is 1. The van der Waals surface area contributed by atoms with Crippen LogP contribution < -0.4 is 16.6 Å². The molecule has 1 aromatic carbocycles. The number of nitrogen functional groups attached to an aromatic ring is 1. The summed E-state index contributed by atoms with van der Waals surface area (Å²) in [5.41, 5.74) is 7.08. The van der Waals surface area contributed by atoms with E-state index < -0.39 is 0 Å². The Morgan fingerprint density at radius 1 is 1.26 bits per heavy atom. The zero-order chi connectivity index (χ0) is 24.0. The van der Waals surface area contributed by atoms with E-state index in [1.54, 1.807) is 22.8 Å². The second-order valence-electron chi connectivity index (χ2n) is 8.71. The normalized spacial score (nSPS) is 14.6.